The monoisotopic (exact) mass is 482 g/mol. The number of carbonyl (C=O) groups is 3. The van der Waals surface area contributed by atoms with Crippen molar-refractivity contribution in [2.75, 3.05) is 24.7 Å². The van der Waals surface area contributed by atoms with Gasteiger partial charge in [0.2, 0.25) is 5.91 Å². The number of aliphatic carboxylic acids is 1. The summed E-state index contributed by atoms with van der Waals surface area (Å²) in [6.45, 7) is 2.60. The molecule has 1 heterocycles. The number of carboxylic acids is 1. The van der Waals surface area contributed by atoms with Crippen molar-refractivity contribution in [3.05, 3.63) is 59.7 Å². The molecule has 2 amide bonds. The van der Waals surface area contributed by atoms with E-state index in [-0.39, 0.29) is 30.9 Å². The minimum absolute atomic E-state index is 0.0578. The van der Waals surface area contributed by atoms with Crippen LogP contribution in [0.5, 0.6) is 0 Å². The summed E-state index contributed by atoms with van der Waals surface area (Å²) in [5.74, 6) is 0.120. The zero-order valence-corrected chi connectivity index (χ0v) is 20.1. The highest BCUT2D eigenvalue weighted by molar-refractivity contribution is 7.99. The van der Waals surface area contributed by atoms with Crippen LogP contribution in [-0.2, 0) is 14.3 Å². The number of amides is 2. The Balaban J connectivity index is 1.42. The number of fused-ring (bicyclic) bond motifs is 3. The first-order valence-corrected chi connectivity index (χ1v) is 12.9. The lowest BCUT2D eigenvalue weighted by atomic mass is 9.98. The van der Waals surface area contributed by atoms with Gasteiger partial charge in [-0.1, -0.05) is 61.9 Å². The van der Waals surface area contributed by atoms with Crippen molar-refractivity contribution in [3.63, 3.8) is 0 Å². The molecule has 0 aromatic heterocycles. The maximum absolute atomic E-state index is 13.3. The minimum Gasteiger partial charge on any atom is -0.481 e. The number of hydrogen-bond acceptors (Lipinski definition) is 5. The number of alkyl carbamates (subject to hydrolysis) is 1. The number of ether oxygens (including phenoxy) is 1. The molecule has 2 unspecified atom stereocenters. The fourth-order valence-electron chi connectivity index (χ4n) is 4.84. The number of carboxylic acid groups (broad SMARTS) is 1. The largest absolute Gasteiger partial charge is 0.481 e. The second-order valence-corrected chi connectivity index (χ2v) is 9.82. The van der Waals surface area contributed by atoms with Crippen molar-refractivity contribution in [1.82, 2.24) is 10.2 Å². The third kappa shape index (κ3) is 5.22. The van der Waals surface area contributed by atoms with Gasteiger partial charge in [0, 0.05) is 24.0 Å². The molecule has 2 aliphatic rings. The summed E-state index contributed by atoms with van der Waals surface area (Å²) >= 11 is 1.65. The maximum Gasteiger partial charge on any atom is 0.407 e. The van der Waals surface area contributed by atoms with Gasteiger partial charge in [0.1, 0.15) is 12.6 Å². The van der Waals surface area contributed by atoms with Crippen LogP contribution in [0.1, 0.15) is 43.2 Å². The standard InChI is InChI=1S/C26H30N2O5S/c1-2-7-23(25(31)28-12-13-34-16-17(28)14-24(29)30)27-26(32)33-15-22-20-10-5-3-8-18(20)19-9-4-6-11-21(19)22/h3-6,8-11,17,22-23H,2,7,12-16H2,1H3,(H,27,32)(H,29,30). The van der Waals surface area contributed by atoms with E-state index in [4.69, 9.17) is 4.74 Å². The molecule has 1 aliphatic heterocycles. The van der Waals surface area contributed by atoms with Crippen molar-refractivity contribution in [2.45, 2.75) is 44.2 Å². The predicted octanol–water partition coefficient (Wildman–Crippen LogP) is 4.11. The number of nitrogens with zero attached hydrogens (tertiary/aromatic N) is 1. The second kappa shape index (κ2) is 11.0. The molecule has 1 saturated heterocycles. The zero-order valence-electron chi connectivity index (χ0n) is 19.2. The van der Waals surface area contributed by atoms with Gasteiger partial charge in [0.05, 0.1) is 12.5 Å². The highest BCUT2D eigenvalue weighted by Crippen LogP contribution is 2.44. The van der Waals surface area contributed by atoms with Crippen molar-refractivity contribution < 1.29 is 24.2 Å². The van der Waals surface area contributed by atoms with E-state index in [9.17, 15) is 19.5 Å². The van der Waals surface area contributed by atoms with Crippen LogP contribution in [0.2, 0.25) is 0 Å². The zero-order chi connectivity index (χ0) is 24.1. The van der Waals surface area contributed by atoms with Gasteiger partial charge >= 0.3 is 12.1 Å². The summed E-state index contributed by atoms with van der Waals surface area (Å²) in [5.41, 5.74) is 4.55. The van der Waals surface area contributed by atoms with E-state index in [0.29, 0.717) is 25.1 Å². The average molecular weight is 483 g/mol. The summed E-state index contributed by atoms with van der Waals surface area (Å²) in [6.07, 6.45) is 0.441. The van der Waals surface area contributed by atoms with E-state index in [1.165, 1.54) is 0 Å². The summed E-state index contributed by atoms with van der Waals surface area (Å²) in [7, 11) is 0. The Bertz CT molecular complexity index is 1010. The lowest BCUT2D eigenvalue weighted by molar-refractivity contribution is -0.141. The van der Waals surface area contributed by atoms with Crippen LogP contribution < -0.4 is 5.32 Å². The molecule has 2 aromatic carbocycles. The lowest BCUT2D eigenvalue weighted by Gasteiger charge is -2.37. The highest BCUT2D eigenvalue weighted by Gasteiger charge is 2.34. The number of rotatable bonds is 8. The van der Waals surface area contributed by atoms with E-state index in [0.717, 1.165) is 28.0 Å². The average Bonchev–Trinajstić information content (AvgIpc) is 3.16. The fourth-order valence-corrected chi connectivity index (χ4v) is 5.91. The minimum atomic E-state index is -0.929. The van der Waals surface area contributed by atoms with E-state index in [1.807, 2.05) is 31.2 Å². The molecule has 2 aromatic rings. The van der Waals surface area contributed by atoms with Gasteiger partial charge in [0.15, 0.2) is 0 Å². The Morgan fingerprint density at radius 1 is 1.12 bits per heavy atom. The molecule has 0 radical (unpaired) electrons. The molecule has 34 heavy (non-hydrogen) atoms. The van der Waals surface area contributed by atoms with Crippen molar-refractivity contribution in [3.8, 4) is 11.1 Å². The second-order valence-electron chi connectivity index (χ2n) is 8.67. The first-order valence-electron chi connectivity index (χ1n) is 11.7. The molecule has 0 spiro atoms. The number of nitrogens with one attached hydrogen (secondary N) is 1. The van der Waals surface area contributed by atoms with Gasteiger partial charge in [-0.3, -0.25) is 9.59 Å². The Hall–Kier alpha value is -3.00. The van der Waals surface area contributed by atoms with E-state index < -0.39 is 18.1 Å². The van der Waals surface area contributed by atoms with Gasteiger partial charge in [-0.05, 0) is 28.7 Å². The molecule has 1 fully saturated rings. The first kappa shape index (κ1) is 24.1. The molecule has 1 aliphatic carbocycles. The Morgan fingerprint density at radius 3 is 2.38 bits per heavy atom. The number of thioether (sulfide) groups is 1. The van der Waals surface area contributed by atoms with Gasteiger partial charge in [-0.2, -0.15) is 11.8 Å². The number of hydrogen-bond donors (Lipinski definition) is 2. The van der Waals surface area contributed by atoms with Gasteiger partial charge in [-0.25, -0.2) is 4.79 Å². The molecule has 8 heteroatoms. The normalized spacial score (nSPS) is 18.0. The third-order valence-electron chi connectivity index (χ3n) is 6.43. The molecule has 7 nitrogen and oxygen atoms in total. The van der Waals surface area contributed by atoms with Crippen LogP contribution in [0, 0.1) is 0 Å². The predicted molar refractivity (Wildman–Crippen MR) is 132 cm³/mol. The van der Waals surface area contributed by atoms with Crippen LogP contribution in [0.3, 0.4) is 0 Å². The SMILES string of the molecule is CCCC(NC(=O)OCC1c2ccccc2-c2ccccc21)C(=O)N1CCSCC1CC(=O)O. The molecule has 2 atom stereocenters. The quantitative estimate of drug-likeness (QED) is 0.588. The summed E-state index contributed by atoms with van der Waals surface area (Å²) < 4.78 is 5.63. The summed E-state index contributed by atoms with van der Waals surface area (Å²) in [4.78, 5) is 38.9. The lowest BCUT2D eigenvalue weighted by Crippen LogP contribution is -2.55. The number of benzene rings is 2. The molecule has 0 bridgehead atoms. The third-order valence-corrected chi connectivity index (χ3v) is 7.52. The summed E-state index contributed by atoms with van der Waals surface area (Å²) in [5, 5.41) is 12.0. The van der Waals surface area contributed by atoms with Crippen LogP contribution in [-0.4, -0.2) is 64.7 Å². The smallest absolute Gasteiger partial charge is 0.407 e. The van der Waals surface area contributed by atoms with Gasteiger partial charge in [-0.15, -0.1) is 0 Å². The van der Waals surface area contributed by atoms with Gasteiger partial charge < -0.3 is 20.1 Å². The van der Waals surface area contributed by atoms with Crippen molar-refractivity contribution in [2.24, 2.45) is 0 Å². The van der Waals surface area contributed by atoms with Gasteiger partial charge in [0.25, 0.3) is 0 Å². The van der Waals surface area contributed by atoms with Crippen LogP contribution in [0.25, 0.3) is 11.1 Å². The molecular weight excluding hydrogens is 452 g/mol. The molecule has 180 valence electrons. The number of carbonyl (C=O) groups excluding carboxylic acids is 2. The van der Waals surface area contributed by atoms with Crippen LogP contribution in [0.4, 0.5) is 4.79 Å². The highest BCUT2D eigenvalue weighted by atomic mass is 32.2. The Kier molecular flexibility index (Phi) is 7.77. The van der Waals surface area contributed by atoms with Crippen molar-refractivity contribution >= 4 is 29.7 Å². The van der Waals surface area contributed by atoms with E-state index in [2.05, 4.69) is 29.6 Å². The Labute approximate surface area is 203 Å². The molecular formula is C26H30N2O5S. The topological polar surface area (TPSA) is 95.9 Å². The fraction of sp³-hybridized carbons (Fsp3) is 0.423. The summed E-state index contributed by atoms with van der Waals surface area (Å²) in [6, 6.07) is 15.1. The Morgan fingerprint density at radius 2 is 1.76 bits per heavy atom. The molecule has 0 saturated carbocycles. The van der Waals surface area contributed by atoms with E-state index in [1.54, 1.807) is 16.7 Å². The molecule has 2 N–H and O–H groups in total. The van der Waals surface area contributed by atoms with Crippen LogP contribution in [0.15, 0.2) is 48.5 Å². The van der Waals surface area contributed by atoms with Crippen molar-refractivity contribution in [1.29, 1.82) is 0 Å². The maximum atomic E-state index is 13.3. The first-order chi connectivity index (χ1) is 16.5. The van der Waals surface area contributed by atoms with E-state index >= 15 is 0 Å². The van der Waals surface area contributed by atoms with Crippen LogP contribution >= 0.6 is 11.8 Å². The molecule has 4 rings (SSSR count).